The van der Waals surface area contributed by atoms with Crippen LogP contribution >= 0.6 is 0 Å². The van der Waals surface area contributed by atoms with E-state index in [-0.39, 0.29) is 12.0 Å². The molecule has 11 heteroatoms. The highest BCUT2D eigenvalue weighted by atomic mass is 32.2. The van der Waals surface area contributed by atoms with Crippen LogP contribution in [0.15, 0.2) is 12.2 Å². The molecule has 7 nitrogen and oxygen atoms in total. The van der Waals surface area contributed by atoms with Crippen LogP contribution in [0, 0.1) is 17.8 Å². The maximum Gasteiger partial charge on any atom is 0.393 e. The second-order valence-electron chi connectivity index (χ2n) is 6.46. The third-order valence-corrected chi connectivity index (χ3v) is 6.64. The second kappa shape index (κ2) is 5.70. The number of ether oxygens (including phenoxy) is 2. The van der Waals surface area contributed by atoms with Gasteiger partial charge in [-0.1, -0.05) is 6.58 Å². The van der Waals surface area contributed by atoms with E-state index in [0.29, 0.717) is 0 Å². The first-order valence-corrected chi connectivity index (χ1v) is 8.91. The molecule has 1 saturated heterocycles. The molecule has 3 fully saturated rings. The minimum absolute atomic E-state index is 0.0397. The van der Waals surface area contributed by atoms with Crippen LogP contribution in [0.4, 0.5) is 13.2 Å². The molecule has 0 N–H and O–H groups in total. The van der Waals surface area contributed by atoms with Crippen molar-refractivity contribution in [1.82, 2.24) is 0 Å². The topological polar surface area (TPSA) is 96.0 Å². The van der Waals surface area contributed by atoms with Gasteiger partial charge in [0.1, 0.15) is 17.5 Å². The van der Waals surface area contributed by atoms with Crippen molar-refractivity contribution in [2.45, 2.75) is 37.0 Å². The molecule has 3 aliphatic rings. The normalized spacial score (nSPS) is 37.8. The predicted octanol–water partition coefficient (Wildman–Crippen LogP) is 0.943. The Bertz CT molecular complexity index is 729. The first-order valence-electron chi connectivity index (χ1n) is 7.44. The van der Waals surface area contributed by atoms with Gasteiger partial charge in [-0.25, -0.2) is 9.59 Å². The molecular formula is C14H15F3O7S. The minimum Gasteiger partial charge on any atom is -0.457 e. The number of alkyl halides is 3. The Morgan fingerprint density at radius 2 is 1.92 bits per heavy atom. The maximum absolute atomic E-state index is 13.3. The third-order valence-electron chi connectivity index (χ3n) is 4.84. The van der Waals surface area contributed by atoms with E-state index < -0.39 is 70.1 Å². The van der Waals surface area contributed by atoms with Gasteiger partial charge in [0.05, 0.1) is 5.92 Å². The van der Waals surface area contributed by atoms with Crippen LogP contribution in [0.3, 0.4) is 0 Å². The van der Waals surface area contributed by atoms with E-state index in [4.69, 9.17) is 8.92 Å². The SMILES string of the molecule is C=C(C)C(=O)OCC(=O)OC1C2CC3C1OS(=O)(=O)C3C2C(F)(F)F. The molecule has 0 amide bonds. The van der Waals surface area contributed by atoms with Crippen molar-refractivity contribution >= 4 is 22.1 Å². The summed E-state index contributed by atoms with van der Waals surface area (Å²) < 4.78 is 78.2. The molecule has 1 aliphatic heterocycles. The van der Waals surface area contributed by atoms with Crippen LogP contribution in [0.2, 0.25) is 0 Å². The first-order chi connectivity index (χ1) is 11.4. The van der Waals surface area contributed by atoms with Gasteiger partial charge in [-0.05, 0) is 13.3 Å². The summed E-state index contributed by atoms with van der Waals surface area (Å²) in [6.07, 6.45) is -7.28. The molecule has 0 aromatic carbocycles. The molecule has 2 saturated carbocycles. The van der Waals surface area contributed by atoms with Crippen molar-refractivity contribution in [2.24, 2.45) is 17.8 Å². The summed E-state index contributed by atoms with van der Waals surface area (Å²) in [6.45, 7) is 3.86. The van der Waals surface area contributed by atoms with Gasteiger partial charge in [-0.2, -0.15) is 21.6 Å². The fourth-order valence-electron chi connectivity index (χ4n) is 4.01. The highest BCUT2D eigenvalue weighted by Crippen LogP contribution is 2.62. The first kappa shape index (κ1) is 18.2. The summed E-state index contributed by atoms with van der Waals surface area (Å²) in [5.41, 5.74) is 0.0397. The molecule has 2 bridgehead atoms. The highest BCUT2D eigenvalue weighted by molar-refractivity contribution is 7.87. The van der Waals surface area contributed by atoms with Gasteiger partial charge in [-0.15, -0.1) is 0 Å². The van der Waals surface area contributed by atoms with Crippen molar-refractivity contribution in [2.75, 3.05) is 6.61 Å². The van der Waals surface area contributed by atoms with Gasteiger partial charge in [0.2, 0.25) is 0 Å². The summed E-state index contributed by atoms with van der Waals surface area (Å²) in [6, 6.07) is 0. The molecule has 0 aromatic rings. The number of carbonyl (C=O) groups excluding carboxylic acids is 2. The molecule has 0 spiro atoms. The Morgan fingerprint density at radius 3 is 2.48 bits per heavy atom. The molecule has 2 aliphatic carbocycles. The van der Waals surface area contributed by atoms with E-state index in [1.54, 1.807) is 0 Å². The van der Waals surface area contributed by atoms with Crippen molar-refractivity contribution in [3.63, 3.8) is 0 Å². The number of fused-ring (bicyclic) bond motifs is 1. The van der Waals surface area contributed by atoms with Crippen molar-refractivity contribution in [3.8, 4) is 0 Å². The zero-order valence-corrected chi connectivity index (χ0v) is 13.8. The molecule has 6 unspecified atom stereocenters. The summed E-state index contributed by atoms with van der Waals surface area (Å²) in [7, 11) is -4.38. The maximum atomic E-state index is 13.3. The lowest BCUT2D eigenvalue weighted by Crippen LogP contribution is -2.48. The minimum atomic E-state index is -4.76. The summed E-state index contributed by atoms with van der Waals surface area (Å²) >= 11 is 0. The second-order valence-corrected chi connectivity index (χ2v) is 8.18. The standard InChI is InChI=1S/C14H15F3O7S/c1-5(2)13(19)22-4-8(18)23-10-6-3-7-11(10)24-25(20,21)12(7)9(6)14(15,16)17/h6-7,9-12H,1,3-4H2,2H3. The molecule has 25 heavy (non-hydrogen) atoms. The van der Waals surface area contributed by atoms with Crippen molar-refractivity contribution < 1.29 is 44.8 Å². The van der Waals surface area contributed by atoms with E-state index >= 15 is 0 Å². The van der Waals surface area contributed by atoms with Gasteiger partial charge in [-0.3, -0.25) is 4.18 Å². The van der Waals surface area contributed by atoms with E-state index in [9.17, 15) is 31.2 Å². The van der Waals surface area contributed by atoms with E-state index in [2.05, 4.69) is 11.3 Å². The van der Waals surface area contributed by atoms with Crippen LogP contribution in [-0.4, -0.2) is 50.6 Å². The Morgan fingerprint density at radius 1 is 1.28 bits per heavy atom. The zero-order chi connectivity index (χ0) is 18.7. The van der Waals surface area contributed by atoms with Crippen LogP contribution in [0.25, 0.3) is 0 Å². The molecule has 0 radical (unpaired) electrons. The van der Waals surface area contributed by atoms with Crippen molar-refractivity contribution in [1.29, 1.82) is 0 Å². The zero-order valence-electron chi connectivity index (χ0n) is 13.0. The number of hydrogen-bond acceptors (Lipinski definition) is 7. The number of carbonyl (C=O) groups is 2. The fraction of sp³-hybridized carbons (Fsp3) is 0.714. The molecular weight excluding hydrogens is 369 g/mol. The lowest BCUT2D eigenvalue weighted by Gasteiger charge is -2.32. The fourth-order valence-corrected chi connectivity index (χ4v) is 6.11. The van der Waals surface area contributed by atoms with E-state index in [1.165, 1.54) is 6.92 Å². The number of halogens is 3. The average Bonchev–Trinajstić information content (AvgIpc) is 3.06. The quantitative estimate of drug-likeness (QED) is 0.404. The van der Waals surface area contributed by atoms with Crippen molar-refractivity contribution in [3.05, 3.63) is 12.2 Å². The lowest BCUT2D eigenvalue weighted by atomic mass is 9.84. The van der Waals surface area contributed by atoms with Gasteiger partial charge in [0.25, 0.3) is 10.1 Å². The highest BCUT2D eigenvalue weighted by Gasteiger charge is 2.75. The monoisotopic (exact) mass is 384 g/mol. The lowest BCUT2D eigenvalue weighted by molar-refractivity contribution is -0.204. The third kappa shape index (κ3) is 2.92. The predicted molar refractivity (Wildman–Crippen MR) is 74.4 cm³/mol. The molecule has 1 heterocycles. The van der Waals surface area contributed by atoms with Gasteiger partial charge < -0.3 is 9.47 Å². The van der Waals surface area contributed by atoms with E-state index in [0.717, 1.165) is 0 Å². The number of rotatable bonds is 4. The van der Waals surface area contributed by atoms with Crippen LogP contribution in [0.5, 0.6) is 0 Å². The average molecular weight is 384 g/mol. The largest absolute Gasteiger partial charge is 0.457 e. The van der Waals surface area contributed by atoms with Gasteiger partial charge in [0, 0.05) is 17.4 Å². The summed E-state index contributed by atoms with van der Waals surface area (Å²) in [5.74, 6) is -6.12. The Labute approximate surface area is 141 Å². The number of esters is 2. The van der Waals surface area contributed by atoms with Gasteiger partial charge in [0.15, 0.2) is 6.61 Å². The summed E-state index contributed by atoms with van der Waals surface area (Å²) in [4.78, 5) is 23.0. The molecule has 6 atom stereocenters. The van der Waals surface area contributed by atoms with Gasteiger partial charge >= 0.3 is 18.1 Å². The van der Waals surface area contributed by atoms with Crippen LogP contribution < -0.4 is 0 Å². The summed E-state index contributed by atoms with van der Waals surface area (Å²) in [5, 5.41) is -1.65. The molecule has 140 valence electrons. The number of hydrogen-bond donors (Lipinski definition) is 0. The Kier molecular flexibility index (Phi) is 4.14. The molecule has 0 aromatic heterocycles. The Balaban J connectivity index is 1.75. The van der Waals surface area contributed by atoms with Crippen LogP contribution in [-0.2, 0) is 33.4 Å². The van der Waals surface area contributed by atoms with Crippen LogP contribution in [0.1, 0.15) is 13.3 Å². The Hall–Kier alpha value is -1.62. The smallest absolute Gasteiger partial charge is 0.393 e. The molecule has 3 rings (SSSR count). The van der Waals surface area contributed by atoms with E-state index in [1.807, 2.05) is 0 Å².